The van der Waals surface area contributed by atoms with Crippen LogP contribution < -0.4 is 0 Å². The third kappa shape index (κ3) is 2.48. The number of carboxylic acid groups (broad SMARTS) is 1. The van der Waals surface area contributed by atoms with E-state index in [1.54, 1.807) is 0 Å². The van der Waals surface area contributed by atoms with Gasteiger partial charge < -0.3 is 5.11 Å². The summed E-state index contributed by atoms with van der Waals surface area (Å²) >= 11 is 0. The smallest absolute Gasteiger partial charge is 0.335 e. The highest BCUT2D eigenvalue weighted by Crippen LogP contribution is 2.80. The van der Waals surface area contributed by atoms with Crippen molar-refractivity contribution >= 4 is 5.97 Å². The van der Waals surface area contributed by atoms with E-state index < -0.39 is 5.97 Å². The summed E-state index contributed by atoms with van der Waals surface area (Å²) in [6.07, 6.45) is 17.5. The lowest BCUT2D eigenvalue weighted by Gasteiger charge is -2.75. The summed E-state index contributed by atoms with van der Waals surface area (Å²) in [5.41, 5.74) is 4.52. The molecule has 166 valence electrons. The van der Waals surface area contributed by atoms with Gasteiger partial charge in [-0.1, -0.05) is 26.0 Å². The molecular formula is C29H38O2. The molecule has 31 heavy (non-hydrogen) atoms. The molecule has 8 aliphatic rings. The van der Waals surface area contributed by atoms with Gasteiger partial charge in [0.1, 0.15) is 0 Å². The number of aromatic carboxylic acids is 1. The lowest BCUT2D eigenvalue weighted by atomic mass is 9.29. The summed E-state index contributed by atoms with van der Waals surface area (Å²) in [7, 11) is 0. The van der Waals surface area contributed by atoms with E-state index in [2.05, 4.69) is 26.0 Å². The zero-order valence-electron chi connectivity index (χ0n) is 19.4. The standard InChI is InChI=1S/C29H38O2/c1-25-8-21-9-26(2,15-25)17-29(14-21,16-25)28-12-19-7-20(13-28)11-27(10-19,18-28)23-5-3-22(4-6-23)24(30)31/h3-6,19-21H,7-18H2,1-2H3,(H,30,31). The summed E-state index contributed by atoms with van der Waals surface area (Å²) in [4.78, 5) is 11.4. The first-order valence-electron chi connectivity index (χ1n) is 13.0. The minimum atomic E-state index is -0.802. The number of carbonyl (C=O) groups is 1. The molecule has 0 radical (unpaired) electrons. The Kier molecular flexibility index (Phi) is 3.46. The average molecular weight is 419 g/mol. The fourth-order valence-electron chi connectivity index (χ4n) is 12.2. The van der Waals surface area contributed by atoms with Crippen molar-refractivity contribution in [3.05, 3.63) is 35.4 Å². The average Bonchev–Trinajstić information content (AvgIpc) is 2.64. The number of rotatable bonds is 3. The monoisotopic (exact) mass is 418 g/mol. The third-order valence-corrected chi connectivity index (χ3v) is 11.6. The summed E-state index contributed by atoms with van der Waals surface area (Å²) in [5, 5.41) is 9.40. The van der Waals surface area contributed by atoms with Crippen LogP contribution in [0.1, 0.15) is 107 Å². The lowest BCUT2D eigenvalue weighted by molar-refractivity contribution is -0.242. The second-order valence-corrected chi connectivity index (χ2v) is 14.3. The first-order valence-corrected chi connectivity index (χ1v) is 13.0. The molecule has 0 aromatic heterocycles. The Bertz CT molecular complexity index is 925. The molecule has 8 saturated carbocycles. The van der Waals surface area contributed by atoms with Gasteiger partial charge in [-0.05, 0) is 140 Å². The van der Waals surface area contributed by atoms with Gasteiger partial charge >= 0.3 is 5.97 Å². The SMILES string of the molecule is CC12CC3CC(C)(C1)CC(C14CC5CC(CC(c6ccc(C(=O)O)cc6)(C5)C1)C4)(C3)C2. The highest BCUT2D eigenvalue weighted by atomic mass is 16.4. The molecule has 9 rings (SSSR count). The van der Waals surface area contributed by atoms with Crippen molar-refractivity contribution in [2.45, 2.75) is 96.3 Å². The third-order valence-electron chi connectivity index (χ3n) is 11.6. The van der Waals surface area contributed by atoms with Gasteiger partial charge in [0.25, 0.3) is 0 Å². The Hall–Kier alpha value is -1.31. The number of hydrogen-bond donors (Lipinski definition) is 1. The van der Waals surface area contributed by atoms with E-state index >= 15 is 0 Å². The predicted octanol–water partition coefficient (Wildman–Crippen LogP) is 7.22. The Morgan fingerprint density at radius 1 is 0.742 bits per heavy atom. The molecule has 0 amide bonds. The quantitative estimate of drug-likeness (QED) is 0.562. The van der Waals surface area contributed by atoms with Gasteiger partial charge in [0.2, 0.25) is 0 Å². The van der Waals surface area contributed by atoms with Crippen molar-refractivity contribution < 1.29 is 9.90 Å². The zero-order chi connectivity index (χ0) is 21.3. The molecule has 0 saturated heterocycles. The van der Waals surface area contributed by atoms with Crippen LogP contribution in [0.3, 0.4) is 0 Å². The van der Waals surface area contributed by atoms with Gasteiger partial charge in [0, 0.05) is 0 Å². The fourth-order valence-corrected chi connectivity index (χ4v) is 12.2. The first kappa shape index (κ1) is 19.2. The second-order valence-electron chi connectivity index (χ2n) is 14.3. The van der Waals surface area contributed by atoms with Crippen LogP contribution in [0.25, 0.3) is 0 Å². The van der Waals surface area contributed by atoms with Crippen molar-refractivity contribution in [3.63, 3.8) is 0 Å². The molecule has 8 bridgehead atoms. The van der Waals surface area contributed by atoms with E-state index in [0.29, 0.717) is 32.6 Å². The van der Waals surface area contributed by atoms with Gasteiger partial charge in [-0.15, -0.1) is 0 Å². The largest absolute Gasteiger partial charge is 0.478 e. The molecule has 0 spiro atoms. The van der Waals surface area contributed by atoms with E-state index in [-0.39, 0.29) is 0 Å². The van der Waals surface area contributed by atoms with E-state index in [1.807, 2.05) is 12.1 Å². The Morgan fingerprint density at radius 3 is 1.87 bits per heavy atom. The highest BCUT2D eigenvalue weighted by Gasteiger charge is 2.70. The summed E-state index contributed by atoms with van der Waals surface area (Å²) < 4.78 is 0. The second kappa shape index (κ2) is 5.60. The van der Waals surface area contributed by atoms with Gasteiger partial charge in [-0.3, -0.25) is 0 Å². The molecule has 1 N–H and O–H groups in total. The fraction of sp³-hybridized carbons (Fsp3) is 0.759. The van der Waals surface area contributed by atoms with Gasteiger partial charge in [0.05, 0.1) is 5.56 Å². The molecule has 4 atom stereocenters. The van der Waals surface area contributed by atoms with Crippen molar-refractivity contribution in [2.75, 3.05) is 0 Å². The van der Waals surface area contributed by atoms with Crippen LogP contribution in [-0.4, -0.2) is 11.1 Å². The summed E-state index contributed by atoms with van der Waals surface area (Å²) in [6.45, 7) is 5.29. The van der Waals surface area contributed by atoms with Crippen molar-refractivity contribution in [2.24, 2.45) is 39.4 Å². The van der Waals surface area contributed by atoms with Crippen molar-refractivity contribution in [1.29, 1.82) is 0 Å². The number of carboxylic acids is 1. The number of hydrogen-bond acceptors (Lipinski definition) is 1. The minimum absolute atomic E-state index is 0.312. The maximum absolute atomic E-state index is 11.4. The van der Waals surface area contributed by atoms with Gasteiger partial charge in [0.15, 0.2) is 0 Å². The topological polar surface area (TPSA) is 37.3 Å². The van der Waals surface area contributed by atoms with Crippen LogP contribution in [0.2, 0.25) is 0 Å². The molecule has 2 heteroatoms. The summed E-state index contributed by atoms with van der Waals surface area (Å²) in [5.74, 6) is 1.97. The predicted molar refractivity (Wildman–Crippen MR) is 122 cm³/mol. The van der Waals surface area contributed by atoms with Crippen LogP contribution in [-0.2, 0) is 5.41 Å². The van der Waals surface area contributed by atoms with Crippen LogP contribution in [0.15, 0.2) is 24.3 Å². The maximum Gasteiger partial charge on any atom is 0.335 e. The Labute approximate surface area is 187 Å². The van der Waals surface area contributed by atoms with Gasteiger partial charge in [-0.2, -0.15) is 0 Å². The Balaban J connectivity index is 1.32. The minimum Gasteiger partial charge on any atom is -0.478 e. The zero-order valence-corrected chi connectivity index (χ0v) is 19.4. The summed E-state index contributed by atoms with van der Waals surface area (Å²) in [6, 6.07) is 8.12. The lowest BCUT2D eigenvalue weighted by Crippen LogP contribution is -2.66. The van der Waals surface area contributed by atoms with Crippen LogP contribution in [0.4, 0.5) is 0 Å². The van der Waals surface area contributed by atoms with Crippen LogP contribution in [0.5, 0.6) is 0 Å². The van der Waals surface area contributed by atoms with Crippen molar-refractivity contribution in [1.82, 2.24) is 0 Å². The molecule has 8 aliphatic carbocycles. The van der Waals surface area contributed by atoms with E-state index in [4.69, 9.17) is 0 Å². The van der Waals surface area contributed by atoms with E-state index in [0.717, 1.165) is 17.8 Å². The molecule has 0 aliphatic heterocycles. The van der Waals surface area contributed by atoms with Crippen LogP contribution >= 0.6 is 0 Å². The molecule has 1 aromatic carbocycles. The molecule has 0 heterocycles. The first-order chi connectivity index (χ1) is 14.6. The molecule has 2 nitrogen and oxygen atoms in total. The maximum atomic E-state index is 11.4. The normalized spacial score (nSPS) is 53.8. The Morgan fingerprint density at radius 2 is 1.32 bits per heavy atom. The molecular weight excluding hydrogens is 380 g/mol. The van der Waals surface area contributed by atoms with Gasteiger partial charge in [-0.25, -0.2) is 4.79 Å². The number of benzene rings is 1. The van der Waals surface area contributed by atoms with Crippen LogP contribution in [0, 0.1) is 39.4 Å². The molecule has 8 fully saturated rings. The van der Waals surface area contributed by atoms with E-state index in [9.17, 15) is 9.90 Å². The molecule has 1 aromatic rings. The molecule has 4 unspecified atom stereocenters. The van der Waals surface area contributed by atoms with E-state index in [1.165, 1.54) is 82.6 Å². The highest BCUT2D eigenvalue weighted by molar-refractivity contribution is 5.87. The van der Waals surface area contributed by atoms with Crippen molar-refractivity contribution in [3.8, 4) is 0 Å².